The van der Waals surface area contributed by atoms with Gasteiger partial charge in [-0.2, -0.15) is 0 Å². The maximum absolute atomic E-state index is 15.2. The van der Waals surface area contributed by atoms with Crippen molar-refractivity contribution in [3.63, 3.8) is 0 Å². The molecule has 0 bridgehead atoms. The molecule has 0 atom stereocenters. The Kier molecular flexibility index (Phi) is 5.72. The highest BCUT2D eigenvalue weighted by atomic mass is 19.1. The number of fused-ring (bicyclic) bond motifs is 1. The fraction of sp³-hybridized carbons (Fsp3) is 0.0741. The molecular formula is C27H22F2N4. The summed E-state index contributed by atoms with van der Waals surface area (Å²) in [4.78, 5) is 9.19. The second kappa shape index (κ2) is 9.12. The van der Waals surface area contributed by atoms with Gasteiger partial charge >= 0.3 is 0 Å². The van der Waals surface area contributed by atoms with E-state index in [4.69, 9.17) is 0 Å². The zero-order valence-electron chi connectivity index (χ0n) is 17.8. The first-order valence-corrected chi connectivity index (χ1v) is 10.7. The van der Waals surface area contributed by atoms with Crippen molar-refractivity contribution >= 4 is 28.1 Å². The van der Waals surface area contributed by atoms with Gasteiger partial charge in [0.25, 0.3) is 0 Å². The molecule has 0 saturated heterocycles. The van der Waals surface area contributed by atoms with Crippen molar-refractivity contribution < 1.29 is 8.78 Å². The molecule has 164 valence electrons. The van der Waals surface area contributed by atoms with Crippen LogP contribution in [0.3, 0.4) is 0 Å². The number of aromatic amines is 1. The van der Waals surface area contributed by atoms with E-state index in [0.29, 0.717) is 30.1 Å². The van der Waals surface area contributed by atoms with Gasteiger partial charge in [-0.05, 0) is 35.4 Å². The van der Waals surface area contributed by atoms with Crippen molar-refractivity contribution in [3.8, 4) is 0 Å². The second-order valence-corrected chi connectivity index (χ2v) is 7.84. The lowest BCUT2D eigenvalue weighted by molar-refractivity contribution is 0.588. The van der Waals surface area contributed by atoms with E-state index in [9.17, 15) is 0 Å². The Morgan fingerprint density at radius 3 is 2.00 bits per heavy atom. The van der Waals surface area contributed by atoms with Crippen LogP contribution in [-0.2, 0) is 13.1 Å². The van der Waals surface area contributed by atoms with Gasteiger partial charge in [-0.1, -0.05) is 60.7 Å². The first-order valence-electron chi connectivity index (χ1n) is 10.7. The predicted molar refractivity (Wildman–Crippen MR) is 129 cm³/mol. The third-order valence-corrected chi connectivity index (χ3v) is 5.54. The molecule has 0 fully saturated rings. The lowest BCUT2D eigenvalue weighted by Crippen LogP contribution is -2.22. The Morgan fingerprint density at radius 2 is 1.39 bits per heavy atom. The zero-order chi connectivity index (χ0) is 22.6. The molecule has 6 heteroatoms. The Hall–Kier alpha value is -4.19. The highest BCUT2D eigenvalue weighted by Crippen LogP contribution is 2.32. The van der Waals surface area contributed by atoms with E-state index in [2.05, 4.69) is 15.3 Å². The van der Waals surface area contributed by atoms with Crippen LogP contribution in [0.25, 0.3) is 11.0 Å². The number of hydrogen-bond donors (Lipinski definition) is 2. The van der Waals surface area contributed by atoms with Crippen LogP contribution in [0.2, 0.25) is 0 Å². The van der Waals surface area contributed by atoms with Crippen molar-refractivity contribution in [2.75, 3.05) is 10.2 Å². The Morgan fingerprint density at radius 1 is 0.788 bits per heavy atom. The molecule has 0 aliphatic carbocycles. The molecule has 5 rings (SSSR count). The van der Waals surface area contributed by atoms with Crippen LogP contribution >= 0.6 is 0 Å². The number of hydrogen-bond acceptors (Lipinski definition) is 3. The number of benzene rings is 3. The van der Waals surface area contributed by atoms with Crippen LogP contribution in [0, 0.1) is 11.6 Å². The second-order valence-electron chi connectivity index (χ2n) is 7.84. The number of aromatic nitrogens is 2. The first kappa shape index (κ1) is 20.7. The van der Waals surface area contributed by atoms with Crippen molar-refractivity contribution in [2.24, 2.45) is 0 Å². The molecule has 0 unspecified atom stereocenters. The topological polar surface area (TPSA) is 44.0 Å². The number of rotatable bonds is 7. The number of nitrogens with one attached hydrogen (secondary N) is 2. The standard InChI is InChI=1S/C27H22F2N4/c28-23-15-21(16-24(29)26(23)32-25-12-14-31-27-22(25)11-13-30-27)33(17-19-7-3-1-4-8-19)18-20-9-5-2-6-10-20/h1-16H,17-18H2,(H2,30,31,32). The van der Waals surface area contributed by atoms with Crippen molar-refractivity contribution in [2.45, 2.75) is 13.1 Å². The van der Waals surface area contributed by atoms with Crippen molar-refractivity contribution in [1.82, 2.24) is 9.97 Å². The SMILES string of the molecule is Fc1cc(N(Cc2ccccc2)Cc2ccccc2)cc(F)c1Nc1ccnc2[nH]ccc12. The summed E-state index contributed by atoms with van der Waals surface area (Å²) >= 11 is 0. The van der Waals surface area contributed by atoms with Gasteiger partial charge in [-0.25, -0.2) is 13.8 Å². The number of pyridine rings is 1. The minimum Gasteiger partial charge on any atom is -0.363 e. The van der Waals surface area contributed by atoms with Crippen molar-refractivity contribution in [1.29, 1.82) is 0 Å². The molecule has 2 aromatic heterocycles. The summed E-state index contributed by atoms with van der Waals surface area (Å²) in [5, 5.41) is 3.67. The summed E-state index contributed by atoms with van der Waals surface area (Å²) in [6.45, 7) is 1.05. The number of H-pyrrole nitrogens is 1. The van der Waals surface area contributed by atoms with E-state index in [1.807, 2.05) is 71.6 Å². The molecule has 0 saturated carbocycles. The van der Waals surface area contributed by atoms with E-state index >= 15 is 8.78 Å². The van der Waals surface area contributed by atoms with Gasteiger partial charge in [0.1, 0.15) is 11.3 Å². The minimum atomic E-state index is -0.656. The maximum atomic E-state index is 15.2. The van der Waals surface area contributed by atoms with E-state index in [-0.39, 0.29) is 5.69 Å². The van der Waals surface area contributed by atoms with Gasteiger partial charge in [0.05, 0.1) is 5.69 Å². The Bertz CT molecular complexity index is 1300. The van der Waals surface area contributed by atoms with E-state index in [0.717, 1.165) is 16.5 Å². The molecule has 2 N–H and O–H groups in total. The van der Waals surface area contributed by atoms with Crippen LogP contribution < -0.4 is 10.2 Å². The molecule has 2 heterocycles. The highest BCUT2D eigenvalue weighted by Gasteiger charge is 2.17. The largest absolute Gasteiger partial charge is 0.363 e. The number of nitrogens with zero attached hydrogens (tertiary/aromatic N) is 2. The minimum absolute atomic E-state index is 0.188. The molecule has 4 nitrogen and oxygen atoms in total. The summed E-state index contributed by atoms with van der Waals surface area (Å²) < 4.78 is 30.4. The molecule has 0 aliphatic rings. The third-order valence-electron chi connectivity index (χ3n) is 5.54. The van der Waals surface area contributed by atoms with Crippen LogP contribution in [-0.4, -0.2) is 9.97 Å². The molecule has 3 aromatic carbocycles. The lowest BCUT2D eigenvalue weighted by atomic mass is 10.1. The normalized spacial score (nSPS) is 11.0. The van der Waals surface area contributed by atoms with Crippen LogP contribution in [0.5, 0.6) is 0 Å². The molecule has 0 radical (unpaired) electrons. The first-order chi connectivity index (χ1) is 16.2. The predicted octanol–water partition coefficient (Wildman–Crippen LogP) is 6.79. The van der Waals surface area contributed by atoms with E-state index < -0.39 is 11.6 Å². The molecule has 5 aromatic rings. The number of anilines is 3. The number of halogens is 2. The van der Waals surface area contributed by atoms with Gasteiger partial charge in [0, 0.05) is 36.6 Å². The van der Waals surface area contributed by atoms with Gasteiger partial charge in [-0.3, -0.25) is 0 Å². The summed E-state index contributed by atoms with van der Waals surface area (Å²) in [6.07, 6.45) is 3.33. The average molecular weight is 440 g/mol. The van der Waals surface area contributed by atoms with Gasteiger partial charge in [0.2, 0.25) is 0 Å². The lowest BCUT2D eigenvalue weighted by Gasteiger charge is -2.26. The van der Waals surface area contributed by atoms with Crippen LogP contribution in [0.15, 0.2) is 97.3 Å². The molecular weight excluding hydrogens is 418 g/mol. The van der Waals surface area contributed by atoms with Crippen LogP contribution in [0.4, 0.5) is 25.8 Å². The zero-order valence-corrected chi connectivity index (χ0v) is 17.8. The molecule has 33 heavy (non-hydrogen) atoms. The fourth-order valence-corrected chi connectivity index (χ4v) is 3.91. The van der Waals surface area contributed by atoms with E-state index in [1.165, 1.54) is 12.1 Å². The highest BCUT2D eigenvalue weighted by molar-refractivity contribution is 5.91. The fourth-order valence-electron chi connectivity index (χ4n) is 3.91. The monoisotopic (exact) mass is 440 g/mol. The third kappa shape index (κ3) is 4.55. The smallest absolute Gasteiger partial charge is 0.151 e. The van der Waals surface area contributed by atoms with Gasteiger partial charge in [0.15, 0.2) is 11.6 Å². The molecule has 0 aliphatic heterocycles. The summed E-state index contributed by atoms with van der Waals surface area (Å²) in [5.41, 5.74) is 3.63. The Balaban J connectivity index is 1.48. The molecule has 0 spiro atoms. The quantitative estimate of drug-likeness (QED) is 0.293. The maximum Gasteiger partial charge on any atom is 0.151 e. The summed E-state index contributed by atoms with van der Waals surface area (Å²) in [7, 11) is 0. The summed E-state index contributed by atoms with van der Waals surface area (Å²) in [5.74, 6) is -1.31. The van der Waals surface area contributed by atoms with Crippen LogP contribution in [0.1, 0.15) is 11.1 Å². The summed E-state index contributed by atoms with van der Waals surface area (Å²) in [6, 6.07) is 26.0. The Labute approximate surface area is 190 Å². The van der Waals surface area contributed by atoms with E-state index in [1.54, 1.807) is 18.5 Å². The van der Waals surface area contributed by atoms with Gasteiger partial charge < -0.3 is 15.2 Å². The molecule has 0 amide bonds. The van der Waals surface area contributed by atoms with Gasteiger partial charge in [-0.15, -0.1) is 0 Å². The van der Waals surface area contributed by atoms with Crippen molar-refractivity contribution in [3.05, 3.63) is 120 Å². The average Bonchev–Trinajstić information content (AvgIpc) is 3.32.